The molecule has 2 aliphatic rings. The van der Waals surface area contributed by atoms with Crippen LogP contribution < -0.4 is 9.47 Å². The lowest BCUT2D eigenvalue weighted by Crippen LogP contribution is -2.13. The van der Waals surface area contributed by atoms with Gasteiger partial charge in [-0.2, -0.15) is 13.2 Å². The average molecular weight is 482 g/mol. The van der Waals surface area contributed by atoms with E-state index in [1.54, 1.807) is 18.2 Å². The van der Waals surface area contributed by atoms with E-state index in [2.05, 4.69) is 0 Å². The molecule has 1 aliphatic carbocycles. The summed E-state index contributed by atoms with van der Waals surface area (Å²) in [6.45, 7) is 2.22. The molecule has 0 spiro atoms. The second kappa shape index (κ2) is 8.95. The molecule has 1 heterocycles. The Morgan fingerprint density at radius 2 is 1.89 bits per heavy atom. The lowest BCUT2D eigenvalue weighted by Gasteiger charge is -2.20. The predicted molar refractivity (Wildman–Crippen MR) is 124 cm³/mol. The summed E-state index contributed by atoms with van der Waals surface area (Å²) in [4.78, 5) is 11.1. The maximum atomic E-state index is 13.9. The van der Waals surface area contributed by atoms with Crippen LogP contribution in [-0.2, 0) is 23.8 Å². The van der Waals surface area contributed by atoms with E-state index in [1.807, 2.05) is 37.3 Å². The molecule has 0 saturated heterocycles. The monoisotopic (exact) mass is 482 g/mol. The normalized spacial score (nSPS) is 18.6. The molecule has 3 aromatic carbocycles. The van der Waals surface area contributed by atoms with Gasteiger partial charge in [0.1, 0.15) is 17.6 Å². The zero-order chi connectivity index (χ0) is 24.7. The summed E-state index contributed by atoms with van der Waals surface area (Å²) < 4.78 is 53.6. The molecule has 3 aromatic rings. The summed E-state index contributed by atoms with van der Waals surface area (Å²) in [5.41, 5.74) is 3.91. The minimum Gasteiger partial charge on any atom is -0.492 e. The zero-order valence-corrected chi connectivity index (χ0v) is 19.2. The lowest BCUT2D eigenvalue weighted by molar-refractivity contribution is -0.138. The summed E-state index contributed by atoms with van der Waals surface area (Å²) in [6, 6.07) is 15.6. The largest absolute Gasteiger partial charge is 0.492 e. The maximum absolute atomic E-state index is 13.9. The second-order valence-electron chi connectivity index (χ2n) is 9.21. The van der Waals surface area contributed by atoms with Crippen molar-refractivity contribution >= 4 is 5.97 Å². The SMILES string of the molecule is Cc1ccccc1Cc1c(C(F)(F)F)ccc2c1CCC2Oc1ccc2c(c1)OCC2CC(=O)O. The molecule has 2 atom stereocenters. The molecule has 0 bridgehead atoms. The van der Waals surface area contributed by atoms with E-state index < -0.39 is 17.7 Å². The van der Waals surface area contributed by atoms with Crippen LogP contribution >= 0.6 is 0 Å². The third kappa shape index (κ3) is 4.59. The number of halogens is 3. The van der Waals surface area contributed by atoms with Crippen LogP contribution in [0.3, 0.4) is 0 Å². The molecular weight excluding hydrogens is 457 g/mol. The molecule has 2 unspecified atom stereocenters. The van der Waals surface area contributed by atoms with Gasteiger partial charge in [0.2, 0.25) is 0 Å². The third-order valence-electron chi connectivity index (χ3n) is 6.97. The fourth-order valence-corrected chi connectivity index (χ4v) is 5.20. The molecular formula is C28H25F3O4. The smallest absolute Gasteiger partial charge is 0.416 e. The van der Waals surface area contributed by atoms with Crippen LogP contribution in [0, 0.1) is 6.92 Å². The number of hydrogen-bond acceptors (Lipinski definition) is 3. The van der Waals surface area contributed by atoms with Gasteiger partial charge in [0.15, 0.2) is 0 Å². The third-order valence-corrected chi connectivity index (χ3v) is 6.97. The first kappa shape index (κ1) is 23.3. The first-order chi connectivity index (χ1) is 16.7. The van der Waals surface area contributed by atoms with Crippen molar-refractivity contribution in [2.45, 2.75) is 50.8 Å². The minimum absolute atomic E-state index is 0.00555. The van der Waals surface area contributed by atoms with Crippen molar-refractivity contribution in [2.75, 3.05) is 6.61 Å². The second-order valence-corrected chi connectivity index (χ2v) is 9.21. The Balaban J connectivity index is 1.44. The van der Waals surface area contributed by atoms with E-state index in [0.29, 0.717) is 42.1 Å². The number of ether oxygens (including phenoxy) is 2. The van der Waals surface area contributed by atoms with Gasteiger partial charge in [-0.3, -0.25) is 4.79 Å². The molecule has 1 aliphatic heterocycles. The van der Waals surface area contributed by atoms with E-state index in [-0.39, 0.29) is 24.9 Å². The van der Waals surface area contributed by atoms with Crippen LogP contribution in [0.2, 0.25) is 0 Å². The highest BCUT2D eigenvalue weighted by Crippen LogP contribution is 2.44. The van der Waals surface area contributed by atoms with Crippen LogP contribution in [0.5, 0.6) is 11.5 Å². The van der Waals surface area contributed by atoms with E-state index in [9.17, 15) is 18.0 Å². The predicted octanol–water partition coefficient (Wildman–Crippen LogP) is 6.62. The number of benzene rings is 3. The number of carboxylic acids is 1. The van der Waals surface area contributed by atoms with Crippen LogP contribution in [-0.4, -0.2) is 17.7 Å². The molecule has 4 nitrogen and oxygen atoms in total. The van der Waals surface area contributed by atoms with Crippen LogP contribution in [0.25, 0.3) is 0 Å². The van der Waals surface area contributed by atoms with Crippen molar-refractivity contribution < 1.29 is 32.5 Å². The average Bonchev–Trinajstić information content (AvgIpc) is 3.38. The van der Waals surface area contributed by atoms with Crippen molar-refractivity contribution in [1.82, 2.24) is 0 Å². The number of alkyl halides is 3. The van der Waals surface area contributed by atoms with Gasteiger partial charge in [0.25, 0.3) is 0 Å². The van der Waals surface area contributed by atoms with Crippen molar-refractivity contribution in [2.24, 2.45) is 0 Å². The Hall–Kier alpha value is -3.48. The fraction of sp³-hybridized carbons (Fsp3) is 0.321. The van der Waals surface area contributed by atoms with Crippen molar-refractivity contribution in [3.8, 4) is 11.5 Å². The maximum Gasteiger partial charge on any atom is 0.416 e. The van der Waals surface area contributed by atoms with Gasteiger partial charge in [-0.15, -0.1) is 0 Å². The molecule has 182 valence electrons. The van der Waals surface area contributed by atoms with Gasteiger partial charge < -0.3 is 14.6 Å². The number of aryl methyl sites for hydroxylation is 1. The number of hydrogen-bond donors (Lipinski definition) is 1. The zero-order valence-electron chi connectivity index (χ0n) is 19.2. The van der Waals surface area contributed by atoms with E-state index in [4.69, 9.17) is 14.6 Å². The standard InChI is InChI=1S/C28H25F3O4/c1-16-4-2-3-5-17(16)12-23-21-9-11-25(22(21)8-10-24(23)28(29,30)31)35-19-6-7-20-18(13-27(32)33)15-34-26(20)14-19/h2-8,10,14,18,25H,9,11-13,15H2,1H3,(H,32,33). The first-order valence-corrected chi connectivity index (χ1v) is 11.6. The summed E-state index contributed by atoms with van der Waals surface area (Å²) in [7, 11) is 0. The highest BCUT2D eigenvalue weighted by molar-refractivity contribution is 5.68. The molecule has 0 aromatic heterocycles. The van der Waals surface area contributed by atoms with Gasteiger partial charge in [-0.25, -0.2) is 0 Å². The number of rotatable bonds is 6. The van der Waals surface area contributed by atoms with Gasteiger partial charge in [-0.1, -0.05) is 36.4 Å². The molecule has 0 radical (unpaired) electrons. The Kier molecular flexibility index (Phi) is 5.95. The summed E-state index contributed by atoms with van der Waals surface area (Å²) in [5, 5.41) is 9.09. The van der Waals surface area contributed by atoms with Crippen molar-refractivity contribution in [3.05, 3.63) is 93.5 Å². The molecule has 5 rings (SSSR count). The topological polar surface area (TPSA) is 55.8 Å². The summed E-state index contributed by atoms with van der Waals surface area (Å²) in [5.74, 6) is 0.0696. The number of carbonyl (C=O) groups is 1. The number of fused-ring (bicyclic) bond motifs is 2. The quantitative estimate of drug-likeness (QED) is 0.429. The van der Waals surface area contributed by atoms with Crippen molar-refractivity contribution in [3.63, 3.8) is 0 Å². The molecule has 0 amide bonds. The Labute approximate surface area is 201 Å². The fourth-order valence-electron chi connectivity index (χ4n) is 5.20. The Morgan fingerprint density at radius 3 is 2.63 bits per heavy atom. The van der Waals surface area contributed by atoms with Crippen LogP contribution in [0.4, 0.5) is 13.2 Å². The lowest BCUT2D eigenvalue weighted by atomic mass is 9.90. The molecule has 0 fully saturated rings. The van der Waals surface area contributed by atoms with Gasteiger partial charge in [0.05, 0.1) is 18.6 Å². The number of aliphatic carboxylic acids is 1. The van der Waals surface area contributed by atoms with Gasteiger partial charge >= 0.3 is 12.1 Å². The number of carboxylic acid groups (broad SMARTS) is 1. The van der Waals surface area contributed by atoms with Crippen LogP contribution in [0.15, 0.2) is 54.6 Å². The van der Waals surface area contributed by atoms with Crippen LogP contribution in [0.1, 0.15) is 63.8 Å². The molecule has 7 heteroatoms. The Bertz CT molecular complexity index is 1280. The summed E-state index contributed by atoms with van der Waals surface area (Å²) >= 11 is 0. The van der Waals surface area contributed by atoms with E-state index in [0.717, 1.165) is 22.3 Å². The minimum atomic E-state index is -4.43. The molecule has 1 N–H and O–H groups in total. The summed E-state index contributed by atoms with van der Waals surface area (Å²) in [6.07, 6.45) is -3.50. The first-order valence-electron chi connectivity index (χ1n) is 11.6. The van der Waals surface area contributed by atoms with E-state index in [1.165, 1.54) is 6.07 Å². The van der Waals surface area contributed by atoms with Gasteiger partial charge in [0, 0.05) is 17.5 Å². The molecule has 35 heavy (non-hydrogen) atoms. The van der Waals surface area contributed by atoms with E-state index >= 15 is 0 Å². The highest BCUT2D eigenvalue weighted by Gasteiger charge is 2.37. The molecule has 0 saturated carbocycles. The van der Waals surface area contributed by atoms with Crippen molar-refractivity contribution in [1.29, 1.82) is 0 Å². The van der Waals surface area contributed by atoms with Gasteiger partial charge in [-0.05, 0) is 66.1 Å². The highest BCUT2D eigenvalue weighted by atomic mass is 19.4. The Morgan fingerprint density at radius 1 is 1.11 bits per heavy atom.